The summed E-state index contributed by atoms with van der Waals surface area (Å²) in [4.78, 5) is 51.6. The van der Waals surface area contributed by atoms with E-state index >= 15 is 0 Å². The maximum absolute atomic E-state index is 13.1. The minimum Gasteiger partial charge on any atom is -0.463 e. The number of nitrogens with zero attached hydrogens (tertiary/aromatic N) is 2. The maximum atomic E-state index is 13.1. The second-order valence-electron chi connectivity index (χ2n) is 6.73. The van der Waals surface area contributed by atoms with Crippen LogP contribution in [-0.4, -0.2) is 44.5 Å². The van der Waals surface area contributed by atoms with E-state index < -0.39 is 29.5 Å². The molecule has 0 radical (unpaired) electrons. The number of H-pyrrole nitrogens is 1. The highest BCUT2D eigenvalue weighted by atomic mass is 32.1. The molecule has 11 heteroatoms. The molecule has 2 aromatic carbocycles. The van der Waals surface area contributed by atoms with Gasteiger partial charge in [-0.15, -0.1) is 0 Å². The molecule has 162 valence electrons. The lowest BCUT2D eigenvalue weighted by atomic mass is 10.0. The molecule has 1 amide bonds. The number of rotatable bonds is 7. The molecule has 0 aliphatic heterocycles. The number of aromatic amines is 1. The summed E-state index contributed by atoms with van der Waals surface area (Å²) in [5, 5.41) is 2.57. The highest BCUT2D eigenvalue weighted by molar-refractivity contribution is 6.99. The average Bonchev–Trinajstić information content (AvgIpc) is 3.44. The molecule has 0 fully saturated rings. The monoisotopic (exact) mass is 452 g/mol. The molecule has 4 rings (SSSR count). The van der Waals surface area contributed by atoms with Crippen molar-refractivity contribution >= 4 is 40.5 Å². The molecule has 2 N–H and O–H groups in total. The first-order chi connectivity index (χ1) is 15.5. The van der Waals surface area contributed by atoms with Gasteiger partial charge in [0.05, 0.1) is 24.4 Å². The van der Waals surface area contributed by atoms with Gasteiger partial charge in [0.15, 0.2) is 11.3 Å². The number of benzene rings is 2. The molecular weight excluding hydrogens is 436 g/mol. The molecule has 0 saturated carbocycles. The van der Waals surface area contributed by atoms with Crippen LogP contribution in [0.2, 0.25) is 0 Å². The summed E-state index contributed by atoms with van der Waals surface area (Å²) < 4.78 is 17.8. The van der Waals surface area contributed by atoms with Gasteiger partial charge in [0, 0.05) is 12.0 Å². The van der Waals surface area contributed by atoms with E-state index in [2.05, 4.69) is 23.8 Å². The largest absolute Gasteiger partial charge is 0.463 e. The van der Waals surface area contributed by atoms with E-state index in [0.29, 0.717) is 16.7 Å². The van der Waals surface area contributed by atoms with Gasteiger partial charge in [0.2, 0.25) is 0 Å². The Morgan fingerprint density at radius 2 is 1.91 bits per heavy atom. The molecule has 0 saturated heterocycles. The number of hydrogen-bond acceptors (Lipinski definition) is 9. The Kier molecular flexibility index (Phi) is 5.90. The molecule has 2 heterocycles. The molecule has 1 unspecified atom stereocenters. The molecule has 32 heavy (non-hydrogen) atoms. The van der Waals surface area contributed by atoms with Crippen LogP contribution in [0.4, 0.5) is 0 Å². The third kappa shape index (κ3) is 4.18. The number of aromatic nitrogens is 3. The number of methoxy groups -OCH3 is 1. The Labute approximate surface area is 184 Å². The van der Waals surface area contributed by atoms with Gasteiger partial charge in [-0.2, -0.15) is 8.75 Å². The molecule has 0 spiro atoms. The van der Waals surface area contributed by atoms with Crippen LogP contribution in [-0.2, 0) is 20.7 Å². The van der Waals surface area contributed by atoms with Crippen LogP contribution >= 0.6 is 11.7 Å². The van der Waals surface area contributed by atoms with E-state index in [9.17, 15) is 19.2 Å². The predicted octanol–water partition coefficient (Wildman–Crippen LogP) is 1.72. The van der Waals surface area contributed by atoms with E-state index in [0.717, 1.165) is 24.4 Å². The second-order valence-corrected chi connectivity index (χ2v) is 7.25. The van der Waals surface area contributed by atoms with Crippen LogP contribution in [0.15, 0.2) is 57.7 Å². The first-order valence-electron chi connectivity index (χ1n) is 9.39. The number of ketones is 1. The van der Waals surface area contributed by atoms with Crippen LogP contribution in [0, 0.1) is 0 Å². The summed E-state index contributed by atoms with van der Waals surface area (Å²) in [5.74, 6) is -3.30. The summed E-state index contributed by atoms with van der Waals surface area (Å²) in [7, 11) is 1.09. The smallest absolute Gasteiger partial charge is 0.417 e. The third-order valence-electron chi connectivity index (χ3n) is 4.71. The Morgan fingerprint density at radius 1 is 1.12 bits per heavy atom. The number of ether oxygens (including phenoxy) is 1. The van der Waals surface area contributed by atoms with Crippen molar-refractivity contribution in [1.82, 2.24) is 19.0 Å². The van der Waals surface area contributed by atoms with Gasteiger partial charge in [0.1, 0.15) is 11.7 Å². The molecule has 0 aliphatic rings. The van der Waals surface area contributed by atoms with Crippen molar-refractivity contribution in [1.29, 1.82) is 0 Å². The summed E-state index contributed by atoms with van der Waals surface area (Å²) >= 11 is 0.795. The first-order valence-corrected chi connectivity index (χ1v) is 10.1. The third-order valence-corrected chi connectivity index (χ3v) is 5.23. The molecule has 4 aromatic rings. The van der Waals surface area contributed by atoms with Gasteiger partial charge >= 0.3 is 11.7 Å². The fraction of sp³-hybridized carbons (Fsp3) is 0.143. The fourth-order valence-corrected chi connectivity index (χ4v) is 3.77. The molecule has 0 aliphatic carbocycles. The maximum Gasteiger partial charge on any atom is 0.417 e. The number of hydrogen-bond donors (Lipinski definition) is 2. The zero-order valence-electron chi connectivity index (χ0n) is 16.7. The minimum atomic E-state index is -1.17. The van der Waals surface area contributed by atoms with Crippen LogP contribution in [0.5, 0.6) is 0 Å². The van der Waals surface area contributed by atoms with Crippen molar-refractivity contribution in [2.45, 2.75) is 12.5 Å². The average molecular weight is 452 g/mol. The summed E-state index contributed by atoms with van der Waals surface area (Å²) in [6.45, 7) is 0. The van der Waals surface area contributed by atoms with Crippen LogP contribution in [0.1, 0.15) is 16.1 Å². The highest BCUT2D eigenvalue weighted by Crippen LogP contribution is 2.28. The summed E-state index contributed by atoms with van der Waals surface area (Å²) in [5.41, 5.74) is 2.00. The number of oxazole rings is 1. The van der Waals surface area contributed by atoms with Crippen molar-refractivity contribution in [2.75, 3.05) is 7.11 Å². The molecule has 2 aromatic heterocycles. The van der Waals surface area contributed by atoms with Crippen molar-refractivity contribution in [3.8, 4) is 11.3 Å². The quantitative estimate of drug-likeness (QED) is 0.319. The van der Waals surface area contributed by atoms with Crippen molar-refractivity contribution in [2.24, 2.45) is 0 Å². The Balaban J connectivity index is 1.66. The van der Waals surface area contributed by atoms with Crippen LogP contribution in [0.3, 0.4) is 0 Å². The lowest BCUT2D eigenvalue weighted by Gasteiger charge is -2.16. The number of carbonyl (C=O) groups is 3. The standard InChI is InChI=1S/C21H16N4O6S/c1-30-20(28)18(26)13(10-11-6-3-2-4-7-11)22-19(27)17-16(24-32-25-17)12-8-5-9-14-15(12)23-21(29)31-14/h2-9,13H,10H2,1H3,(H,22,27)(H,23,29). The normalized spacial score (nSPS) is 11.8. The van der Waals surface area contributed by atoms with E-state index in [1.807, 2.05) is 6.07 Å². The topological polar surface area (TPSA) is 144 Å². The summed E-state index contributed by atoms with van der Waals surface area (Å²) in [6, 6.07) is 12.7. The van der Waals surface area contributed by atoms with Crippen molar-refractivity contribution in [3.63, 3.8) is 0 Å². The Bertz CT molecular complexity index is 1360. The number of Topliss-reactive ketones (excluding diaryl/α,β-unsaturated/α-hetero) is 1. The Hall–Kier alpha value is -4.12. The van der Waals surface area contributed by atoms with Gasteiger partial charge in [-0.05, 0) is 11.6 Å². The number of fused-ring (bicyclic) bond motifs is 1. The fourth-order valence-electron chi connectivity index (χ4n) is 3.21. The highest BCUT2D eigenvalue weighted by Gasteiger charge is 2.30. The van der Waals surface area contributed by atoms with E-state index in [-0.39, 0.29) is 17.8 Å². The minimum absolute atomic E-state index is 0.0553. The number of para-hydroxylation sites is 1. The van der Waals surface area contributed by atoms with Gasteiger partial charge in [-0.3, -0.25) is 14.6 Å². The van der Waals surface area contributed by atoms with Crippen LogP contribution in [0.25, 0.3) is 22.4 Å². The van der Waals surface area contributed by atoms with E-state index in [1.165, 1.54) is 0 Å². The number of nitrogens with one attached hydrogen (secondary N) is 2. The second kappa shape index (κ2) is 8.94. The van der Waals surface area contributed by atoms with Crippen LogP contribution < -0.4 is 11.1 Å². The number of amides is 1. The van der Waals surface area contributed by atoms with Gasteiger partial charge in [-0.1, -0.05) is 42.5 Å². The zero-order chi connectivity index (χ0) is 22.7. The lowest BCUT2D eigenvalue weighted by molar-refractivity contribution is -0.152. The molecular formula is C21H16N4O6S. The SMILES string of the molecule is COC(=O)C(=O)C(Cc1ccccc1)NC(=O)c1nsnc1-c1cccc2oc(=O)[nH]c12. The molecule has 0 bridgehead atoms. The number of carbonyl (C=O) groups excluding carboxylic acids is 3. The van der Waals surface area contributed by atoms with E-state index in [4.69, 9.17) is 4.42 Å². The predicted molar refractivity (Wildman–Crippen MR) is 114 cm³/mol. The zero-order valence-corrected chi connectivity index (χ0v) is 17.5. The van der Waals surface area contributed by atoms with Gasteiger partial charge in [0.25, 0.3) is 11.7 Å². The molecule has 1 atom stereocenters. The number of esters is 1. The van der Waals surface area contributed by atoms with E-state index in [1.54, 1.807) is 42.5 Å². The first kappa shape index (κ1) is 21.1. The van der Waals surface area contributed by atoms with Gasteiger partial charge < -0.3 is 14.5 Å². The van der Waals surface area contributed by atoms with Crippen molar-refractivity contribution < 1.29 is 23.5 Å². The summed E-state index contributed by atoms with van der Waals surface area (Å²) in [6.07, 6.45) is 0.0814. The Morgan fingerprint density at radius 3 is 2.66 bits per heavy atom. The lowest BCUT2D eigenvalue weighted by Crippen LogP contribution is -2.46. The molecule has 10 nitrogen and oxygen atoms in total. The van der Waals surface area contributed by atoms with Crippen molar-refractivity contribution in [3.05, 3.63) is 70.3 Å². The van der Waals surface area contributed by atoms with Gasteiger partial charge in [-0.25, -0.2) is 9.59 Å².